The number of nitro benzene ring substituents is 1. The second-order valence-electron chi connectivity index (χ2n) is 5.22. The molecule has 0 N–H and O–H groups in total. The Morgan fingerprint density at radius 2 is 1.96 bits per heavy atom. The van der Waals surface area contributed by atoms with Crippen molar-refractivity contribution < 1.29 is 19.2 Å². The van der Waals surface area contributed by atoms with Crippen molar-refractivity contribution in [3.05, 3.63) is 63.2 Å². The Morgan fingerprint density at radius 3 is 2.64 bits per heavy atom. The maximum atomic E-state index is 12.2. The van der Waals surface area contributed by atoms with Crippen LogP contribution in [-0.4, -0.2) is 36.5 Å². The molecule has 25 heavy (non-hydrogen) atoms. The van der Waals surface area contributed by atoms with Gasteiger partial charge in [-0.3, -0.25) is 14.9 Å². The van der Waals surface area contributed by atoms with Crippen LogP contribution in [0.15, 0.2) is 42.5 Å². The SMILES string of the molecule is COc1ccc(Cl)cc1CN(C)C(=O)COc1ccccc1[N+](=O)[O-]. The monoisotopic (exact) mass is 364 g/mol. The van der Waals surface area contributed by atoms with Crippen molar-refractivity contribution in [2.45, 2.75) is 6.54 Å². The van der Waals surface area contributed by atoms with E-state index in [0.29, 0.717) is 10.8 Å². The van der Waals surface area contributed by atoms with Crippen molar-refractivity contribution in [3.8, 4) is 11.5 Å². The third-order valence-electron chi connectivity index (χ3n) is 3.49. The van der Waals surface area contributed by atoms with Crippen LogP contribution in [0.1, 0.15) is 5.56 Å². The van der Waals surface area contributed by atoms with E-state index in [1.165, 1.54) is 30.2 Å². The summed E-state index contributed by atoms with van der Waals surface area (Å²) in [5.74, 6) is 0.332. The third-order valence-corrected chi connectivity index (χ3v) is 3.72. The molecule has 0 saturated carbocycles. The number of amides is 1. The number of para-hydroxylation sites is 2. The summed E-state index contributed by atoms with van der Waals surface area (Å²) in [6.45, 7) is -0.0486. The molecule has 1 amide bonds. The maximum Gasteiger partial charge on any atom is 0.310 e. The van der Waals surface area contributed by atoms with Crippen LogP contribution < -0.4 is 9.47 Å². The van der Waals surface area contributed by atoms with E-state index in [1.54, 1.807) is 31.3 Å². The van der Waals surface area contributed by atoms with Gasteiger partial charge in [0.2, 0.25) is 0 Å². The summed E-state index contributed by atoms with van der Waals surface area (Å²) < 4.78 is 10.6. The van der Waals surface area contributed by atoms with Crippen molar-refractivity contribution >= 4 is 23.2 Å². The molecule has 0 aliphatic rings. The number of carbonyl (C=O) groups is 1. The van der Waals surface area contributed by atoms with Crippen molar-refractivity contribution in [1.29, 1.82) is 0 Å². The Morgan fingerprint density at radius 1 is 1.24 bits per heavy atom. The van der Waals surface area contributed by atoms with Gasteiger partial charge in [-0.05, 0) is 24.3 Å². The lowest BCUT2D eigenvalue weighted by Crippen LogP contribution is -2.31. The third kappa shape index (κ3) is 4.84. The van der Waals surface area contributed by atoms with E-state index in [9.17, 15) is 14.9 Å². The quantitative estimate of drug-likeness (QED) is 0.556. The summed E-state index contributed by atoms with van der Waals surface area (Å²) in [7, 11) is 3.14. The van der Waals surface area contributed by atoms with Gasteiger partial charge in [0.15, 0.2) is 12.4 Å². The van der Waals surface area contributed by atoms with Crippen LogP contribution in [0.2, 0.25) is 5.02 Å². The number of hydrogen-bond donors (Lipinski definition) is 0. The summed E-state index contributed by atoms with van der Waals surface area (Å²) in [4.78, 5) is 24.1. The van der Waals surface area contributed by atoms with Gasteiger partial charge in [-0.15, -0.1) is 0 Å². The molecule has 0 unspecified atom stereocenters. The predicted molar refractivity (Wildman–Crippen MR) is 93.1 cm³/mol. The molecule has 0 radical (unpaired) electrons. The van der Waals surface area contributed by atoms with Gasteiger partial charge in [0.25, 0.3) is 5.91 Å². The highest BCUT2D eigenvalue weighted by atomic mass is 35.5. The van der Waals surface area contributed by atoms with Gasteiger partial charge in [0, 0.05) is 30.2 Å². The summed E-state index contributed by atoms with van der Waals surface area (Å²) in [6.07, 6.45) is 0. The number of methoxy groups -OCH3 is 1. The molecular formula is C17H17ClN2O5. The first-order valence-corrected chi connectivity index (χ1v) is 7.72. The van der Waals surface area contributed by atoms with Gasteiger partial charge in [-0.25, -0.2) is 0 Å². The fraction of sp³-hybridized carbons (Fsp3) is 0.235. The molecule has 0 spiro atoms. The van der Waals surface area contributed by atoms with Crippen molar-refractivity contribution in [2.24, 2.45) is 0 Å². The number of ether oxygens (including phenoxy) is 2. The zero-order valence-electron chi connectivity index (χ0n) is 13.8. The zero-order chi connectivity index (χ0) is 18.4. The Bertz CT molecular complexity index is 781. The Kier molecular flexibility index (Phi) is 6.19. The Hall–Kier alpha value is -2.80. The van der Waals surface area contributed by atoms with Crippen molar-refractivity contribution in [2.75, 3.05) is 20.8 Å². The number of likely N-dealkylation sites (N-methyl/N-ethyl adjacent to an activating group) is 1. The minimum Gasteiger partial charge on any atom is -0.496 e. The summed E-state index contributed by atoms with van der Waals surface area (Å²) >= 11 is 5.98. The Labute approximate surface area is 149 Å². The molecule has 0 bridgehead atoms. The van der Waals surface area contributed by atoms with Crippen LogP contribution in [0, 0.1) is 10.1 Å². The molecule has 0 atom stereocenters. The van der Waals surface area contributed by atoms with Crippen molar-refractivity contribution in [1.82, 2.24) is 4.90 Å². The molecule has 0 aromatic heterocycles. The topological polar surface area (TPSA) is 81.9 Å². The first-order valence-electron chi connectivity index (χ1n) is 7.35. The van der Waals surface area contributed by atoms with Crippen LogP contribution in [0.3, 0.4) is 0 Å². The molecule has 8 heteroatoms. The number of carbonyl (C=O) groups excluding carboxylic acids is 1. The number of benzene rings is 2. The molecule has 7 nitrogen and oxygen atoms in total. The fourth-order valence-corrected chi connectivity index (χ4v) is 2.39. The summed E-state index contributed by atoms with van der Waals surface area (Å²) in [6, 6.07) is 11.0. The molecule has 0 aliphatic heterocycles. The van der Waals surface area contributed by atoms with Gasteiger partial charge in [0.05, 0.1) is 12.0 Å². The molecule has 2 aromatic carbocycles. The Balaban J connectivity index is 2.02. The normalized spacial score (nSPS) is 10.2. The van der Waals surface area contributed by atoms with Crippen LogP contribution in [0.5, 0.6) is 11.5 Å². The molecule has 0 saturated heterocycles. The van der Waals surface area contributed by atoms with Gasteiger partial charge < -0.3 is 14.4 Å². The minimum atomic E-state index is -0.555. The van der Waals surface area contributed by atoms with Crippen molar-refractivity contribution in [3.63, 3.8) is 0 Å². The van der Waals surface area contributed by atoms with Crippen LogP contribution >= 0.6 is 11.6 Å². The van der Waals surface area contributed by atoms with Gasteiger partial charge >= 0.3 is 5.69 Å². The predicted octanol–water partition coefficient (Wildman–Crippen LogP) is 3.29. The second-order valence-corrected chi connectivity index (χ2v) is 5.66. The van der Waals surface area contributed by atoms with E-state index in [1.807, 2.05) is 0 Å². The number of halogens is 1. The fourth-order valence-electron chi connectivity index (χ4n) is 2.19. The first kappa shape index (κ1) is 18.5. The molecule has 132 valence electrons. The average molecular weight is 365 g/mol. The van der Waals surface area contributed by atoms with Gasteiger partial charge in [0.1, 0.15) is 5.75 Å². The van der Waals surface area contributed by atoms with E-state index < -0.39 is 4.92 Å². The first-order chi connectivity index (χ1) is 11.9. The number of nitrogens with zero attached hydrogens (tertiary/aromatic N) is 2. The molecule has 2 aromatic rings. The standard InChI is InChI=1S/C17H17ClN2O5/c1-19(10-12-9-13(18)7-8-15(12)24-2)17(21)11-25-16-6-4-3-5-14(16)20(22)23/h3-9H,10-11H2,1-2H3. The zero-order valence-corrected chi connectivity index (χ0v) is 14.5. The van der Waals surface area contributed by atoms with E-state index in [2.05, 4.69) is 0 Å². The van der Waals surface area contributed by atoms with E-state index in [0.717, 1.165) is 5.56 Å². The molecule has 0 heterocycles. The highest BCUT2D eigenvalue weighted by Gasteiger charge is 2.17. The van der Waals surface area contributed by atoms with Gasteiger partial charge in [-0.2, -0.15) is 0 Å². The molecule has 0 aliphatic carbocycles. The van der Waals surface area contributed by atoms with E-state index >= 15 is 0 Å². The lowest BCUT2D eigenvalue weighted by atomic mass is 10.2. The number of rotatable bonds is 7. The number of nitro groups is 1. The highest BCUT2D eigenvalue weighted by Crippen LogP contribution is 2.26. The van der Waals surface area contributed by atoms with Crippen LogP contribution in [0.4, 0.5) is 5.69 Å². The largest absolute Gasteiger partial charge is 0.496 e. The summed E-state index contributed by atoms with van der Waals surface area (Å²) in [5, 5.41) is 11.5. The van der Waals surface area contributed by atoms with Gasteiger partial charge in [-0.1, -0.05) is 23.7 Å². The van der Waals surface area contributed by atoms with Crippen LogP contribution in [-0.2, 0) is 11.3 Å². The minimum absolute atomic E-state index is 0.0505. The number of hydrogen-bond acceptors (Lipinski definition) is 5. The van der Waals surface area contributed by atoms with Crippen LogP contribution in [0.25, 0.3) is 0 Å². The maximum absolute atomic E-state index is 12.2. The van der Waals surface area contributed by atoms with E-state index in [4.69, 9.17) is 21.1 Å². The molecule has 0 fully saturated rings. The lowest BCUT2D eigenvalue weighted by molar-refractivity contribution is -0.385. The molecule has 2 rings (SSSR count). The second kappa shape index (κ2) is 8.34. The average Bonchev–Trinajstić information content (AvgIpc) is 2.60. The smallest absolute Gasteiger partial charge is 0.310 e. The molecular weight excluding hydrogens is 348 g/mol. The van der Waals surface area contributed by atoms with E-state index in [-0.39, 0.29) is 30.5 Å². The highest BCUT2D eigenvalue weighted by molar-refractivity contribution is 6.30. The summed E-state index contributed by atoms with van der Waals surface area (Å²) in [5.41, 5.74) is 0.561. The lowest BCUT2D eigenvalue weighted by Gasteiger charge is -2.19.